The van der Waals surface area contributed by atoms with Gasteiger partial charge in [-0.3, -0.25) is 0 Å². The van der Waals surface area contributed by atoms with Crippen molar-refractivity contribution in [3.05, 3.63) is 60.7 Å². The van der Waals surface area contributed by atoms with Crippen molar-refractivity contribution >= 4 is 28.4 Å². The first kappa shape index (κ1) is 15.6. The smallest absolute Gasteiger partial charge is 0.232 e. The third-order valence-corrected chi connectivity index (χ3v) is 3.90. The van der Waals surface area contributed by atoms with E-state index >= 15 is 0 Å². The summed E-state index contributed by atoms with van der Waals surface area (Å²) in [6.45, 7) is 0. The van der Waals surface area contributed by atoms with Gasteiger partial charge in [0.05, 0.1) is 5.56 Å². The van der Waals surface area contributed by atoms with Crippen molar-refractivity contribution in [2.45, 2.75) is 0 Å². The molecule has 0 amide bonds. The van der Waals surface area contributed by atoms with Gasteiger partial charge in [0.1, 0.15) is 11.5 Å². The van der Waals surface area contributed by atoms with Crippen LogP contribution in [0.25, 0.3) is 22.2 Å². The number of aromatic nitrogens is 3. The molecule has 26 heavy (non-hydrogen) atoms. The van der Waals surface area contributed by atoms with Gasteiger partial charge in [-0.2, -0.15) is 15.0 Å². The van der Waals surface area contributed by atoms with Gasteiger partial charge in [0.15, 0.2) is 5.82 Å². The van der Waals surface area contributed by atoms with Gasteiger partial charge in [0.2, 0.25) is 11.9 Å². The minimum Gasteiger partial charge on any atom is -0.508 e. The average Bonchev–Trinajstić information content (AvgIpc) is 2.62. The van der Waals surface area contributed by atoms with E-state index in [0.717, 1.165) is 5.39 Å². The van der Waals surface area contributed by atoms with E-state index in [9.17, 15) is 10.2 Å². The zero-order chi connectivity index (χ0) is 18.1. The van der Waals surface area contributed by atoms with Gasteiger partial charge in [-0.25, -0.2) is 0 Å². The molecule has 0 aliphatic carbocycles. The fourth-order valence-corrected chi connectivity index (χ4v) is 2.72. The molecule has 1 aromatic heterocycles. The number of fused-ring (bicyclic) bond motifs is 1. The van der Waals surface area contributed by atoms with Crippen LogP contribution in [0.5, 0.6) is 11.5 Å². The van der Waals surface area contributed by atoms with Crippen molar-refractivity contribution in [1.82, 2.24) is 15.0 Å². The van der Waals surface area contributed by atoms with Crippen LogP contribution in [-0.4, -0.2) is 25.2 Å². The van der Waals surface area contributed by atoms with E-state index in [2.05, 4.69) is 20.3 Å². The summed E-state index contributed by atoms with van der Waals surface area (Å²) in [5, 5.41) is 24.8. The SMILES string of the molecule is Nc1nc(Nc2cccc(O)c2)nc(-c2ccc3ccccc3c2O)n1. The second-order valence-corrected chi connectivity index (χ2v) is 5.70. The Kier molecular flexibility index (Phi) is 3.74. The maximum atomic E-state index is 10.6. The normalized spacial score (nSPS) is 10.8. The molecule has 0 spiro atoms. The van der Waals surface area contributed by atoms with Crippen molar-refractivity contribution in [3.63, 3.8) is 0 Å². The molecule has 0 radical (unpaired) electrons. The van der Waals surface area contributed by atoms with Gasteiger partial charge in [-0.05, 0) is 23.6 Å². The van der Waals surface area contributed by atoms with Crippen LogP contribution in [0, 0.1) is 0 Å². The molecular formula is C19H15N5O2. The van der Waals surface area contributed by atoms with Gasteiger partial charge in [-0.15, -0.1) is 0 Å². The monoisotopic (exact) mass is 345 g/mol. The van der Waals surface area contributed by atoms with Crippen LogP contribution in [0.4, 0.5) is 17.6 Å². The lowest BCUT2D eigenvalue weighted by Gasteiger charge is -2.10. The summed E-state index contributed by atoms with van der Waals surface area (Å²) >= 11 is 0. The van der Waals surface area contributed by atoms with E-state index in [4.69, 9.17) is 5.73 Å². The number of nitrogen functional groups attached to an aromatic ring is 1. The Morgan fingerprint density at radius 2 is 1.69 bits per heavy atom. The molecule has 0 fully saturated rings. The summed E-state index contributed by atoms with van der Waals surface area (Å²) in [7, 11) is 0. The summed E-state index contributed by atoms with van der Waals surface area (Å²) in [5.74, 6) is 0.681. The number of hydrogen-bond acceptors (Lipinski definition) is 7. The van der Waals surface area contributed by atoms with Crippen LogP contribution in [0.3, 0.4) is 0 Å². The molecule has 0 aliphatic heterocycles. The first-order chi connectivity index (χ1) is 12.6. The van der Waals surface area contributed by atoms with Crippen LogP contribution in [0.15, 0.2) is 60.7 Å². The van der Waals surface area contributed by atoms with E-state index in [1.807, 2.05) is 30.3 Å². The number of nitrogens with zero attached hydrogens (tertiary/aromatic N) is 3. The lowest BCUT2D eigenvalue weighted by Crippen LogP contribution is -2.05. The number of phenols is 2. The predicted molar refractivity (Wildman–Crippen MR) is 100 cm³/mol. The Morgan fingerprint density at radius 1 is 0.846 bits per heavy atom. The molecule has 1 heterocycles. The van der Waals surface area contributed by atoms with E-state index < -0.39 is 0 Å². The van der Waals surface area contributed by atoms with Crippen LogP contribution in [0.2, 0.25) is 0 Å². The predicted octanol–water partition coefficient (Wildman–Crippen LogP) is 3.43. The van der Waals surface area contributed by atoms with E-state index in [1.54, 1.807) is 24.3 Å². The first-order valence-corrected chi connectivity index (χ1v) is 7.89. The van der Waals surface area contributed by atoms with E-state index in [-0.39, 0.29) is 29.2 Å². The van der Waals surface area contributed by atoms with Crippen molar-refractivity contribution in [2.24, 2.45) is 0 Å². The second kappa shape index (κ2) is 6.21. The van der Waals surface area contributed by atoms with Crippen LogP contribution >= 0.6 is 0 Å². The number of rotatable bonds is 3. The highest BCUT2D eigenvalue weighted by Gasteiger charge is 2.13. The second-order valence-electron chi connectivity index (χ2n) is 5.70. The Bertz CT molecular complexity index is 1110. The lowest BCUT2D eigenvalue weighted by atomic mass is 10.0. The standard InChI is InChI=1S/C19H15N5O2/c20-18-22-17(15-9-8-11-4-1-2-7-14(11)16(15)26)23-19(24-18)21-12-5-3-6-13(25)10-12/h1-10,25-26H,(H3,20,21,22,23,24). The Hall–Kier alpha value is -3.87. The molecule has 0 atom stereocenters. The van der Waals surface area contributed by atoms with Crippen LogP contribution in [0.1, 0.15) is 0 Å². The Morgan fingerprint density at radius 3 is 2.54 bits per heavy atom. The molecule has 7 nitrogen and oxygen atoms in total. The quantitative estimate of drug-likeness (QED) is 0.449. The lowest BCUT2D eigenvalue weighted by molar-refractivity contribution is 0.475. The number of hydrogen-bond donors (Lipinski definition) is 4. The van der Waals surface area contributed by atoms with Gasteiger partial charge in [0.25, 0.3) is 0 Å². The minimum absolute atomic E-state index is 0.0187. The minimum atomic E-state index is 0.0187. The molecule has 0 saturated carbocycles. The summed E-state index contributed by atoms with van der Waals surface area (Å²) in [6.07, 6.45) is 0. The summed E-state index contributed by atoms with van der Waals surface area (Å²) in [6, 6.07) is 17.7. The highest BCUT2D eigenvalue weighted by atomic mass is 16.3. The van der Waals surface area contributed by atoms with Crippen LogP contribution in [-0.2, 0) is 0 Å². The number of aromatic hydroxyl groups is 2. The molecule has 0 aliphatic rings. The number of benzene rings is 3. The molecule has 0 bridgehead atoms. The molecule has 128 valence electrons. The molecule has 4 rings (SSSR count). The molecular weight excluding hydrogens is 330 g/mol. The fraction of sp³-hybridized carbons (Fsp3) is 0. The number of nitrogens with two attached hydrogens (primary N) is 1. The number of anilines is 3. The highest BCUT2D eigenvalue weighted by molar-refractivity contribution is 5.93. The van der Waals surface area contributed by atoms with Gasteiger partial charge >= 0.3 is 0 Å². The topological polar surface area (TPSA) is 117 Å². The van der Waals surface area contributed by atoms with Gasteiger partial charge in [0, 0.05) is 17.1 Å². The summed E-state index contributed by atoms with van der Waals surface area (Å²) in [4.78, 5) is 12.5. The summed E-state index contributed by atoms with van der Waals surface area (Å²) < 4.78 is 0. The highest BCUT2D eigenvalue weighted by Crippen LogP contribution is 2.34. The fourth-order valence-electron chi connectivity index (χ4n) is 2.72. The molecule has 7 heteroatoms. The largest absolute Gasteiger partial charge is 0.508 e. The average molecular weight is 345 g/mol. The number of phenolic OH excluding ortho intramolecular Hbond substituents is 2. The molecule has 4 aromatic rings. The number of nitrogens with one attached hydrogen (secondary N) is 1. The van der Waals surface area contributed by atoms with Crippen molar-refractivity contribution in [3.8, 4) is 22.9 Å². The van der Waals surface area contributed by atoms with Crippen molar-refractivity contribution in [1.29, 1.82) is 0 Å². The zero-order valence-electron chi connectivity index (χ0n) is 13.6. The summed E-state index contributed by atoms with van der Waals surface area (Å²) in [5.41, 5.74) is 6.87. The third kappa shape index (κ3) is 2.93. The first-order valence-electron chi connectivity index (χ1n) is 7.89. The molecule has 0 unspecified atom stereocenters. The maximum absolute atomic E-state index is 10.6. The van der Waals surface area contributed by atoms with Gasteiger partial charge < -0.3 is 21.3 Å². The van der Waals surface area contributed by atoms with E-state index in [0.29, 0.717) is 16.6 Å². The Balaban J connectivity index is 1.78. The third-order valence-electron chi connectivity index (χ3n) is 3.90. The van der Waals surface area contributed by atoms with Crippen molar-refractivity contribution in [2.75, 3.05) is 11.1 Å². The molecule has 3 aromatic carbocycles. The Labute approximate surface area is 148 Å². The molecule has 5 N–H and O–H groups in total. The van der Waals surface area contributed by atoms with Crippen molar-refractivity contribution < 1.29 is 10.2 Å². The molecule has 0 saturated heterocycles. The maximum Gasteiger partial charge on any atom is 0.232 e. The zero-order valence-corrected chi connectivity index (χ0v) is 13.6. The van der Waals surface area contributed by atoms with Crippen LogP contribution < -0.4 is 11.1 Å². The van der Waals surface area contributed by atoms with E-state index in [1.165, 1.54) is 6.07 Å². The van der Waals surface area contributed by atoms with Gasteiger partial charge in [-0.1, -0.05) is 36.4 Å².